The highest BCUT2D eigenvalue weighted by Crippen LogP contribution is 2.37. The van der Waals surface area contributed by atoms with Gasteiger partial charge in [-0.15, -0.1) is 5.10 Å². The number of ether oxygens (including phenoxy) is 2. The van der Waals surface area contributed by atoms with Crippen LogP contribution >= 0.6 is 35.0 Å². The van der Waals surface area contributed by atoms with Crippen molar-refractivity contribution in [3.63, 3.8) is 0 Å². The smallest absolute Gasteiger partial charge is 0.338 e. The molecule has 0 fully saturated rings. The number of nitrogens with one attached hydrogen (secondary N) is 1. The zero-order chi connectivity index (χ0) is 24.9. The maximum atomic E-state index is 13.0. The molecule has 1 aliphatic heterocycles. The van der Waals surface area contributed by atoms with Gasteiger partial charge in [-0.1, -0.05) is 72.7 Å². The zero-order valence-corrected chi connectivity index (χ0v) is 21.6. The number of allylic oxidation sites excluding steroid dienone is 1. The first kappa shape index (κ1) is 25.2. The Morgan fingerprint density at radius 3 is 2.71 bits per heavy atom. The second kappa shape index (κ2) is 11.2. The van der Waals surface area contributed by atoms with Crippen LogP contribution in [0.4, 0.5) is 5.95 Å². The Bertz CT molecular complexity index is 1270. The Balaban J connectivity index is 1.62. The molecule has 35 heavy (non-hydrogen) atoms. The Morgan fingerprint density at radius 1 is 1.26 bits per heavy atom. The number of carbonyl (C=O) groups is 1. The van der Waals surface area contributed by atoms with Gasteiger partial charge in [-0.05, 0) is 42.5 Å². The van der Waals surface area contributed by atoms with Crippen LogP contribution in [0.5, 0.6) is 5.75 Å². The number of halogens is 2. The fourth-order valence-electron chi connectivity index (χ4n) is 3.65. The van der Waals surface area contributed by atoms with Crippen molar-refractivity contribution in [3.8, 4) is 5.75 Å². The summed E-state index contributed by atoms with van der Waals surface area (Å²) in [5, 5.41) is 9.59. The highest BCUT2D eigenvalue weighted by Gasteiger charge is 2.35. The summed E-state index contributed by atoms with van der Waals surface area (Å²) in [6.07, 6.45) is 1.54. The standard InChI is InChI=1S/C25H24Cl2N4O3S/c1-4-12-33-23(32)21-15(3)28-24-29-25(35-5-2)30-31(24)22(21)16-7-10-19(11-8-16)34-14-17-6-9-18(26)13-20(17)27/h4,6-11,13,22H,1,5,12,14H2,2-3H3,(H,28,29,30). The van der Waals surface area contributed by atoms with Gasteiger partial charge in [0.2, 0.25) is 11.1 Å². The van der Waals surface area contributed by atoms with Gasteiger partial charge in [0.1, 0.15) is 25.0 Å². The van der Waals surface area contributed by atoms with Gasteiger partial charge in [0.25, 0.3) is 0 Å². The van der Waals surface area contributed by atoms with Gasteiger partial charge in [0.05, 0.1) is 5.57 Å². The molecule has 7 nitrogen and oxygen atoms in total. The third kappa shape index (κ3) is 5.66. The molecule has 10 heteroatoms. The average molecular weight is 531 g/mol. The highest BCUT2D eigenvalue weighted by atomic mass is 35.5. The largest absolute Gasteiger partial charge is 0.489 e. The van der Waals surface area contributed by atoms with Crippen molar-refractivity contribution in [3.05, 3.63) is 87.6 Å². The normalized spacial score (nSPS) is 14.8. The molecule has 0 amide bonds. The molecule has 3 aromatic rings. The lowest BCUT2D eigenvalue weighted by atomic mass is 9.96. The lowest BCUT2D eigenvalue weighted by molar-refractivity contribution is -0.138. The first-order valence-electron chi connectivity index (χ1n) is 10.9. The molecule has 0 aliphatic carbocycles. The van der Waals surface area contributed by atoms with Crippen LogP contribution in [-0.4, -0.2) is 33.1 Å². The number of hydrogen-bond acceptors (Lipinski definition) is 7. The van der Waals surface area contributed by atoms with E-state index in [2.05, 4.69) is 22.0 Å². The van der Waals surface area contributed by atoms with Crippen LogP contribution in [0.1, 0.15) is 31.0 Å². The van der Waals surface area contributed by atoms with Gasteiger partial charge in [-0.2, -0.15) is 4.98 Å². The monoisotopic (exact) mass is 530 g/mol. The number of anilines is 1. The molecule has 2 heterocycles. The van der Waals surface area contributed by atoms with Crippen molar-refractivity contribution >= 4 is 46.9 Å². The summed E-state index contributed by atoms with van der Waals surface area (Å²) >= 11 is 13.7. The molecule has 1 aliphatic rings. The molecule has 0 saturated heterocycles. The van der Waals surface area contributed by atoms with Crippen LogP contribution in [0, 0.1) is 0 Å². The summed E-state index contributed by atoms with van der Waals surface area (Å²) in [6.45, 7) is 7.90. The number of carbonyl (C=O) groups excluding carboxylic acids is 1. The molecule has 1 aromatic heterocycles. The minimum atomic E-state index is -0.512. The molecule has 182 valence electrons. The van der Waals surface area contributed by atoms with Crippen LogP contribution < -0.4 is 10.1 Å². The van der Waals surface area contributed by atoms with Crippen molar-refractivity contribution in [2.45, 2.75) is 31.7 Å². The Morgan fingerprint density at radius 2 is 2.03 bits per heavy atom. The van der Waals surface area contributed by atoms with E-state index in [1.165, 1.54) is 17.8 Å². The summed E-state index contributed by atoms with van der Waals surface area (Å²) in [4.78, 5) is 17.6. The fraction of sp³-hybridized carbons (Fsp3) is 0.240. The first-order valence-corrected chi connectivity index (χ1v) is 12.7. The third-order valence-corrected chi connectivity index (χ3v) is 6.57. The number of hydrogen-bond donors (Lipinski definition) is 1. The van der Waals surface area contributed by atoms with Gasteiger partial charge in [-0.25, -0.2) is 9.48 Å². The SMILES string of the molecule is C=CCOC(=O)C1=C(C)Nc2nc(SCC)nn2C1c1ccc(OCc2ccc(Cl)cc2Cl)cc1. The molecule has 0 saturated carbocycles. The summed E-state index contributed by atoms with van der Waals surface area (Å²) in [6, 6.07) is 12.3. The van der Waals surface area contributed by atoms with E-state index in [0.717, 1.165) is 16.9 Å². The van der Waals surface area contributed by atoms with Crippen LogP contribution in [-0.2, 0) is 16.1 Å². The second-order valence-corrected chi connectivity index (χ2v) is 9.72. The quantitative estimate of drug-likeness (QED) is 0.197. The fourth-order valence-corrected chi connectivity index (χ4v) is 4.67. The number of thioether (sulfide) groups is 1. The predicted molar refractivity (Wildman–Crippen MR) is 139 cm³/mol. The molecule has 2 aromatic carbocycles. The van der Waals surface area contributed by atoms with E-state index in [1.807, 2.05) is 44.2 Å². The van der Waals surface area contributed by atoms with Gasteiger partial charge >= 0.3 is 5.97 Å². The summed E-state index contributed by atoms with van der Waals surface area (Å²) in [5.74, 6) is 1.62. The van der Waals surface area contributed by atoms with Gasteiger partial charge in [-0.3, -0.25) is 0 Å². The molecule has 0 spiro atoms. The van der Waals surface area contributed by atoms with Gasteiger partial charge in [0.15, 0.2) is 0 Å². The van der Waals surface area contributed by atoms with E-state index < -0.39 is 12.0 Å². The molecular formula is C25H24Cl2N4O3S. The Kier molecular flexibility index (Phi) is 8.05. The van der Waals surface area contributed by atoms with E-state index in [1.54, 1.807) is 16.8 Å². The van der Waals surface area contributed by atoms with Gasteiger partial charge in [0, 0.05) is 21.3 Å². The zero-order valence-electron chi connectivity index (χ0n) is 19.3. The van der Waals surface area contributed by atoms with Crippen LogP contribution in [0.2, 0.25) is 10.0 Å². The maximum Gasteiger partial charge on any atom is 0.338 e. The van der Waals surface area contributed by atoms with E-state index in [0.29, 0.717) is 44.8 Å². The topological polar surface area (TPSA) is 78.3 Å². The van der Waals surface area contributed by atoms with E-state index in [4.69, 9.17) is 32.7 Å². The predicted octanol–water partition coefficient (Wildman–Crippen LogP) is 6.29. The van der Waals surface area contributed by atoms with Crippen molar-refractivity contribution in [1.29, 1.82) is 0 Å². The van der Waals surface area contributed by atoms with Crippen molar-refractivity contribution < 1.29 is 14.3 Å². The van der Waals surface area contributed by atoms with E-state index >= 15 is 0 Å². The first-order chi connectivity index (χ1) is 16.9. The van der Waals surface area contributed by atoms with Crippen molar-refractivity contribution in [1.82, 2.24) is 14.8 Å². The number of rotatable bonds is 9. The number of esters is 1. The number of fused-ring (bicyclic) bond motifs is 1. The number of aromatic nitrogens is 3. The summed E-state index contributed by atoms with van der Waals surface area (Å²) in [7, 11) is 0. The molecule has 1 N–H and O–H groups in total. The second-order valence-electron chi connectivity index (χ2n) is 7.64. The van der Waals surface area contributed by atoms with Crippen molar-refractivity contribution in [2.75, 3.05) is 17.7 Å². The molecule has 0 bridgehead atoms. The van der Waals surface area contributed by atoms with Crippen LogP contribution in [0.3, 0.4) is 0 Å². The Labute approximate surface area is 218 Å². The molecular weight excluding hydrogens is 507 g/mol. The summed E-state index contributed by atoms with van der Waals surface area (Å²) < 4.78 is 13.0. The molecule has 1 unspecified atom stereocenters. The third-order valence-electron chi connectivity index (χ3n) is 5.26. The Hall–Kier alpha value is -2.94. The van der Waals surface area contributed by atoms with Crippen LogP contribution in [0.15, 0.2) is 71.5 Å². The lowest BCUT2D eigenvalue weighted by Crippen LogP contribution is -2.29. The lowest BCUT2D eigenvalue weighted by Gasteiger charge is -2.28. The molecule has 1 atom stereocenters. The van der Waals surface area contributed by atoms with E-state index in [-0.39, 0.29) is 6.61 Å². The highest BCUT2D eigenvalue weighted by molar-refractivity contribution is 7.99. The minimum absolute atomic E-state index is 0.115. The van der Waals surface area contributed by atoms with E-state index in [9.17, 15) is 4.79 Å². The minimum Gasteiger partial charge on any atom is -0.489 e. The summed E-state index contributed by atoms with van der Waals surface area (Å²) in [5.41, 5.74) is 2.79. The van der Waals surface area contributed by atoms with Gasteiger partial charge < -0.3 is 14.8 Å². The molecule has 4 rings (SSSR count). The number of nitrogens with zero attached hydrogens (tertiary/aromatic N) is 3. The maximum absolute atomic E-state index is 13.0. The molecule has 0 radical (unpaired) electrons. The average Bonchev–Trinajstić information content (AvgIpc) is 3.23. The van der Waals surface area contributed by atoms with Crippen LogP contribution in [0.25, 0.3) is 0 Å². The number of benzene rings is 2. The van der Waals surface area contributed by atoms with Crippen molar-refractivity contribution in [2.24, 2.45) is 0 Å².